The maximum absolute atomic E-state index is 13.5. The molecule has 4 fully saturated rings. The number of hydrogen-bond acceptors (Lipinski definition) is 8. The van der Waals surface area contributed by atoms with E-state index >= 15 is 0 Å². The molecule has 0 aromatic heterocycles. The lowest BCUT2D eigenvalue weighted by molar-refractivity contribution is -0.201. The van der Waals surface area contributed by atoms with Gasteiger partial charge in [0.05, 0.1) is 35.6 Å². The number of rotatable bonds is 5. The number of aliphatic hydroxyl groups is 5. The SMILES string of the molecule is CC(O)(CO)CC[C@H]1OC(C)(C)O[C@]1(C)[C@H]1CC[C@@]2(O)C3=CC(=O)[C@]4(O)C[C@@H](O)CC[C@]4(C)[C@H]3CC[C@]12C. The molecule has 0 spiro atoms. The first-order valence-corrected chi connectivity index (χ1v) is 14.5. The topological polar surface area (TPSA) is 137 Å². The molecule has 216 valence electrons. The molecule has 5 rings (SSSR count). The summed E-state index contributed by atoms with van der Waals surface area (Å²) in [7, 11) is 0. The molecule has 3 saturated carbocycles. The minimum atomic E-state index is -1.62. The van der Waals surface area contributed by atoms with E-state index in [1.54, 1.807) is 6.92 Å². The molecule has 0 aromatic carbocycles. The van der Waals surface area contributed by atoms with Crippen molar-refractivity contribution < 1.29 is 39.8 Å². The van der Waals surface area contributed by atoms with Crippen molar-refractivity contribution in [1.82, 2.24) is 0 Å². The highest BCUT2D eigenvalue weighted by Gasteiger charge is 2.72. The van der Waals surface area contributed by atoms with E-state index in [4.69, 9.17) is 9.47 Å². The van der Waals surface area contributed by atoms with Crippen molar-refractivity contribution in [2.75, 3.05) is 6.61 Å². The molecule has 5 aliphatic rings. The van der Waals surface area contributed by atoms with Crippen LogP contribution in [-0.2, 0) is 14.3 Å². The van der Waals surface area contributed by atoms with E-state index < -0.39 is 50.9 Å². The normalized spacial score (nSPS) is 51.6. The molecule has 1 aliphatic heterocycles. The van der Waals surface area contributed by atoms with E-state index in [1.807, 2.05) is 20.8 Å². The van der Waals surface area contributed by atoms with Crippen LogP contribution in [0.5, 0.6) is 0 Å². The number of ketones is 1. The quantitative estimate of drug-likeness (QED) is 0.362. The zero-order valence-corrected chi connectivity index (χ0v) is 23.9. The number of ether oxygens (including phenoxy) is 2. The Hall–Kier alpha value is -0.870. The van der Waals surface area contributed by atoms with Gasteiger partial charge in [0.2, 0.25) is 0 Å². The summed E-state index contributed by atoms with van der Waals surface area (Å²) in [6.07, 6.45) is 5.03. The Kier molecular flexibility index (Phi) is 6.46. The van der Waals surface area contributed by atoms with Crippen LogP contribution < -0.4 is 0 Å². The first-order valence-electron chi connectivity index (χ1n) is 14.5. The third-order valence-electron chi connectivity index (χ3n) is 11.8. The van der Waals surface area contributed by atoms with Gasteiger partial charge in [-0.15, -0.1) is 0 Å². The molecule has 0 aromatic rings. The second-order valence-corrected chi connectivity index (χ2v) is 14.6. The van der Waals surface area contributed by atoms with Crippen LogP contribution in [-0.4, -0.2) is 78.3 Å². The van der Waals surface area contributed by atoms with Crippen LogP contribution in [0.15, 0.2) is 11.6 Å². The zero-order chi connectivity index (χ0) is 28.2. The van der Waals surface area contributed by atoms with E-state index in [-0.39, 0.29) is 31.0 Å². The van der Waals surface area contributed by atoms with Crippen LogP contribution in [0.1, 0.15) is 99.3 Å². The minimum absolute atomic E-state index is 0.0402. The van der Waals surface area contributed by atoms with Crippen molar-refractivity contribution >= 4 is 5.78 Å². The van der Waals surface area contributed by atoms with E-state index in [0.29, 0.717) is 44.9 Å². The van der Waals surface area contributed by atoms with E-state index in [0.717, 1.165) is 12.0 Å². The second kappa shape index (κ2) is 8.57. The van der Waals surface area contributed by atoms with Gasteiger partial charge in [0.25, 0.3) is 0 Å². The van der Waals surface area contributed by atoms with Crippen molar-refractivity contribution in [1.29, 1.82) is 0 Å². The van der Waals surface area contributed by atoms with Gasteiger partial charge in [0, 0.05) is 17.3 Å². The molecule has 1 heterocycles. The van der Waals surface area contributed by atoms with Gasteiger partial charge in [-0.2, -0.15) is 0 Å². The molecule has 4 aliphatic carbocycles. The van der Waals surface area contributed by atoms with Crippen LogP contribution in [0.25, 0.3) is 0 Å². The summed E-state index contributed by atoms with van der Waals surface area (Å²) in [5.41, 5.74) is -5.40. The Balaban J connectivity index is 1.51. The highest BCUT2D eigenvalue weighted by atomic mass is 16.8. The predicted octanol–water partition coefficient (Wildman–Crippen LogP) is 2.77. The number of carbonyl (C=O) groups excluding carboxylic acids is 1. The Labute approximate surface area is 226 Å². The molecule has 0 amide bonds. The third-order valence-corrected chi connectivity index (χ3v) is 11.8. The standard InChI is InChI=1S/C30H48O8/c1-24(2)37-23(10-11-25(3,34)17-31)28(6,38-24)21-9-14-29(35)20-15-22(33)30(36)16-18(32)7-12-26(30,4)19(20)8-13-27(21,29)5/h15,18-19,21,23,31-32,34-36H,7-14,16-17H2,1-6H3/t18-,19-,21-,23+,25?,26+,27+,28+,29+,30+/m0/s1. The number of aliphatic hydroxyl groups excluding tert-OH is 2. The summed E-state index contributed by atoms with van der Waals surface area (Å²) in [5, 5.41) is 54.5. The first kappa shape index (κ1) is 28.7. The van der Waals surface area contributed by atoms with E-state index in [1.165, 1.54) is 6.08 Å². The Morgan fingerprint density at radius 1 is 1.00 bits per heavy atom. The summed E-state index contributed by atoms with van der Waals surface area (Å²) in [4.78, 5) is 13.5. The van der Waals surface area contributed by atoms with Gasteiger partial charge in [-0.3, -0.25) is 4.79 Å². The number of carbonyl (C=O) groups is 1. The van der Waals surface area contributed by atoms with Crippen LogP contribution in [0.2, 0.25) is 0 Å². The third kappa shape index (κ3) is 3.77. The lowest BCUT2D eigenvalue weighted by Crippen LogP contribution is -2.67. The average molecular weight is 537 g/mol. The summed E-state index contributed by atoms with van der Waals surface area (Å²) < 4.78 is 13.0. The van der Waals surface area contributed by atoms with Gasteiger partial charge >= 0.3 is 0 Å². The zero-order valence-electron chi connectivity index (χ0n) is 23.9. The highest BCUT2D eigenvalue weighted by molar-refractivity contribution is 6.00. The van der Waals surface area contributed by atoms with Gasteiger partial charge < -0.3 is 35.0 Å². The molecule has 10 atom stereocenters. The average Bonchev–Trinajstić information content (AvgIpc) is 3.24. The molecule has 38 heavy (non-hydrogen) atoms. The van der Waals surface area contributed by atoms with Crippen LogP contribution in [0.3, 0.4) is 0 Å². The van der Waals surface area contributed by atoms with Crippen LogP contribution in [0, 0.1) is 22.7 Å². The Morgan fingerprint density at radius 3 is 2.32 bits per heavy atom. The maximum Gasteiger partial charge on any atom is 0.187 e. The van der Waals surface area contributed by atoms with Crippen molar-refractivity contribution in [3.8, 4) is 0 Å². The summed E-state index contributed by atoms with van der Waals surface area (Å²) in [6, 6.07) is 0. The fraction of sp³-hybridized carbons (Fsp3) is 0.900. The maximum atomic E-state index is 13.5. The van der Waals surface area contributed by atoms with Crippen molar-refractivity contribution in [3.05, 3.63) is 11.6 Å². The Bertz CT molecular complexity index is 1020. The van der Waals surface area contributed by atoms with Gasteiger partial charge in [-0.25, -0.2) is 0 Å². The summed E-state index contributed by atoms with van der Waals surface area (Å²) in [6.45, 7) is 11.2. The predicted molar refractivity (Wildman–Crippen MR) is 140 cm³/mol. The number of fused-ring (bicyclic) bond motifs is 5. The molecule has 0 bridgehead atoms. The van der Waals surface area contributed by atoms with Crippen molar-refractivity contribution in [3.63, 3.8) is 0 Å². The van der Waals surface area contributed by atoms with Gasteiger partial charge in [-0.05, 0) is 103 Å². The lowest BCUT2D eigenvalue weighted by Gasteiger charge is -2.62. The van der Waals surface area contributed by atoms with E-state index in [9.17, 15) is 30.3 Å². The molecule has 0 radical (unpaired) electrons. The van der Waals surface area contributed by atoms with Crippen LogP contribution >= 0.6 is 0 Å². The fourth-order valence-electron chi connectivity index (χ4n) is 9.49. The lowest BCUT2D eigenvalue weighted by atomic mass is 9.44. The smallest absolute Gasteiger partial charge is 0.187 e. The second-order valence-electron chi connectivity index (χ2n) is 14.6. The number of hydrogen-bond donors (Lipinski definition) is 5. The first-order chi connectivity index (χ1) is 17.4. The van der Waals surface area contributed by atoms with Gasteiger partial charge in [0.1, 0.15) is 5.60 Å². The highest BCUT2D eigenvalue weighted by Crippen LogP contribution is 2.70. The summed E-state index contributed by atoms with van der Waals surface area (Å²) >= 11 is 0. The largest absolute Gasteiger partial charge is 0.393 e. The Morgan fingerprint density at radius 2 is 1.66 bits per heavy atom. The van der Waals surface area contributed by atoms with E-state index in [2.05, 4.69) is 13.8 Å². The van der Waals surface area contributed by atoms with Gasteiger partial charge in [0.15, 0.2) is 11.6 Å². The molecular weight excluding hydrogens is 488 g/mol. The molecule has 5 N–H and O–H groups in total. The molecule has 1 saturated heterocycles. The minimum Gasteiger partial charge on any atom is -0.393 e. The molecule has 8 nitrogen and oxygen atoms in total. The molecule has 8 heteroatoms. The molecular formula is C30H48O8. The summed E-state index contributed by atoms with van der Waals surface area (Å²) in [5.74, 6) is -1.46. The molecule has 1 unspecified atom stereocenters. The van der Waals surface area contributed by atoms with Crippen LogP contribution in [0.4, 0.5) is 0 Å². The van der Waals surface area contributed by atoms with Gasteiger partial charge in [-0.1, -0.05) is 13.8 Å². The van der Waals surface area contributed by atoms with Crippen molar-refractivity contribution in [2.24, 2.45) is 22.7 Å². The van der Waals surface area contributed by atoms with Crippen molar-refractivity contribution in [2.45, 2.75) is 140 Å². The fourth-order valence-corrected chi connectivity index (χ4v) is 9.49. The monoisotopic (exact) mass is 536 g/mol.